The molecule has 0 bridgehead atoms. The van der Waals surface area contributed by atoms with E-state index in [1.807, 2.05) is 31.2 Å². The van der Waals surface area contributed by atoms with Gasteiger partial charge in [-0.25, -0.2) is 0 Å². The second-order valence-corrected chi connectivity index (χ2v) is 8.47. The van der Waals surface area contributed by atoms with Crippen molar-refractivity contribution in [2.75, 3.05) is 11.9 Å². The van der Waals surface area contributed by atoms with E-state index in [4.69, 9.17) is 32.7 Å². The van der Waals surface area contributed by atoms with Gasteiger partial charge >= 0.3 is 0 Å². The standard InChI is InChI=1S/C25H19BrCl2N2O3/c1-2-32-23-11-17(10-18(14-29)25(31)30-20-8-5-7-19(27)12-20)21(26)13-24(23)33-15-16-6-3-4-9-22(16)28/h3-13H,2,15H2,1H3,(H,30,31)/b18-10+. The topological polar surface area (TPSA) is 71.3 Å². The van der Waals surface area contributed by atoms with Crippen LogP contribution in [-0.4, -0.2) is 12.5 Å². The summed E-state index contributed by atoms with van der Waals surface area (Å²) in [4.78, 5) is 12.6. The van der Waals surface area contributed by atoms with Crippen LogP contribution in [0.25, 0.3) is 6.08 Å². The highest BCUT2D eigenvalue weighted by atomic mass is 79.9. The van der Waals surface area contributed by atoms with E-state index in [2.05, 4.69) is 21.2 Å². The van der Waals surface area contributed by atoms with Gasteiger partial charge in [0.2, 0.25) is 0 Å². The predicted molar refractivity (Wildman–Crippen MR) is 135 cm³/mol. The second kappa shape index (κ2) is 11.8. The summed E-state index contributed by atoms with van der Waals surface area (Å²) < 4.78 is 12.3. The summed E-state index contributed by atoms with van der Waals surface area (Å²) >= 11 is 15.7. The zero-order valence-corrected chi connectivity index (χ0v) is 20.7. The number of ether oxygens (including phenoxy) is 2. The Hall–Kier alpha value is -2.98. The molecule has 1 amide bonds. The highest BCUT2D eigenvalue weighted by Gasteiger charge is 2.15. The molecule has 0 aliphatic rings. The highest BCUT2D eigenvalue weighted by molar-refractivity contribution is 9.10. The Bertz CT molecular complexity index is 1240. The number of hydrogen-bond acceptors (Lipinski definition) is 4. The van der Waals surface area contributed by atoms with Crippen molar-refractivity contribution in [3.63, 3.8) is 0 Å². The number of nitrogens with zero attached hydrogens (tertiary/aromatic N) is 1. The SMILES string of the molecule is CCOc1cc(/C=C(\C#N)C(=O)Nc2cccc(Cl)c2)c(Br)cc1OCc1ccccc1Cl. The number of carbonyl (C=O) groups excluding carboxylic acids is 1. The molecule has 0 atom stereocenters. The van der Waals surface area contributed by atoms with Gasteiger partial charge in [0.1, 0.15) is 18.2 Å². The molecule has 0 spiro atoms. The number of carbonyl (C=O) groups is 1. The molecule has 0 saturated carbocycles. The summed E-state index contributed by atoms with van der Waals surface area (Å²) in [5.41, 5.74) is 1.83. The van der Waals surface area contributed by atoms with Gasteiger partial charge in [-0.2, -0.15) is 5.26 Å². The molecule has 0 unspecified atom stereocenters. The maximum atomic E-state index is 12.6. The Morgan fingerprint density at radius 2 is 1.85 bits per heavy atom. The molecule has 3 rings (SSSR count). The minimum absolute atomic E-state index is 0.0807. The molecule has 0 aliphatic carbocycles. The predicted octanol–water partition coefficient (Wildman–Crippen LogP) is 7.28. The molecular formula is C25H19BrCl2N2O3. The van der Waals surface area contributed by atoms with Gasteiger partial charge in [-0.05, 0) is 55.0 Å². The van der Waals surface area contributed by atoms with Crippen LogP contribution in [0.1, 0.15) is 18.1 Å². The molecular weight excluding hydrogens is 527 g/mol. The van der Waals surface area contributed by atoms with Gasteiger partial charge in [0.25, 0.3) is 5.91 Å². The number of hydrogen-bond donors (Lipinski definition) is 1. The lowest BCUT2D eigenvalue weighted by Gasteiger charge is -2.15. The number of nitriles is 1. The van der Waals surface area contributed by atoms with Gasteiger partial charge in [0, 0.05) is 25.8 Å². The Morgan fingerprint density at radius 1 is 1.09 bits per heavy atom. The molecule has 8 heteroatoms. The molecule has 3 aromatic carbocycles. The summed E-state index contributed by atoms with van der Waals surface area (Å²) in [6, 6.07) is 19.5. The summed E-state index contributed by atoms with van der Waals surface area (Å²) in [7, 11) is 0. The lowest BCUT2D eigenvalue weighted by atomic mass is 10.1. The zero-order chi connectivity index (χ0) is 23.8. The molecule has 0 heterocycles. The van der Waals surface area contributed by atoms with Crippen molar-refractivity contribution >= 4 is 56.8 Å². The summed E-state index contributed by atoms with van der Waals surface area (Å²) in [6.45, 7) is 2.52. The molecule has 1 N–H and O–H groups in total. The Balaban J connectivity index is 1.86. The molecule has 5 nitrogen and oxygen atoms in total. The number of nitrogens with one attached hydrogen (secondary N) is 1. The van der Waals surface area contributed by atoms with Gasteiger partial charge in [0.05, 0.1) is 6.61 Å². The van der Waals surface area contributed by atoms with Crippen LogP contribution >= 0.6 is 39.1 Å². The van der Waals surface area contributed by atoms with E-state index in [0.29, 0.717) is 43.9 Å². The van der Waals surface area contributed by atoms with Crippen LogP contribution in [0.15, 0.2) is 70.7 Å². The highest BCUT2D eigenvalue weighted by Crippen LogP contribution is 2.36. The van der Waals surface area contributed by atoms with E-state index in [1.165, 1.54) is 6.08 Å². The van der Waals surface area contributed by atoms with E-state index in [-0.39, 0.29) is 12.2 Å². The minimum Gasteiger partial charge on any atom is -0.490 e. The third kappa shape index (κ3) is 6.75. The average Bonchev–Trinajstić information content (AvgIpc) is 2.79. The molecule has 0 fully saturated rings. The monoisotopic (exact) mass is 544 g/mol. The van der Waals surface area contributed by atoms with Gasteiger partial charge < -0.3 is 14.8 Å². The molecule has 168 valence electrons. The normalized spacial score (nSPS) is 10.9. The van der Waals surface area contributed by atoms with Crippen LogP contribution in [-0.2, 0) is 11.4 Å². The minimum atomic E-state index is -0.552. The first kappa shape index (κ1) is 24.7. The van der Waals surface area contributed by atoms with E-state index < -0.39 is 5.91 Å². The Kier molecular flexibility index (Phi) is 8.79. The first-order valence-corrected chi connectivity index (χ1v) is 11.5. The lowest BCUT2D eigenvalue weighted by Crippen LogP contribution is -2.13. The Labute approximate surface area is 210 Å². The van der Waals surface area contributed by atoms with Crippen LogP contribution < -0.4 is 14.8 Å². The zero-order valence-electron chi connectivity index (χ0n) is 17.6. The van der Waals surface area contributed by atoms with Crippen LogP contribution in [0.2, 0.25) is 10.0 Å². The molecule has 0 aromatic heterocycles. The fourth-order valence-corrected chi connectivity index (χ4v) is 3.70. The largest absolute Gasteiger partial charge is 0.490 e. The third-order valence-corrected chi connectivity index (χ3v) is 5.74. The third-order valence-electron chi connectivity index (χ3n) is 4.45. The van der Waals surface area contributed by atoms with E-state index in [1.54, 1.807) is 42.5 Å². The van der Waals surface area contributed by atoms with Crippen LogP contribution in [0.3, 0.4) is 0 Å². The number of rotatable bonds is 8. The number of amides is 1. The van der Waals surface area contributed by atoms with Crippen molar-refractivity contribution in [1.82, 2.24) is 0 Å². The maximum absolute atomic E-state index is 12.6. The molecule has 33 heavy (non-hydrogen) atoms. The van der Waals surface area contributed by atoms with Gasteiger partial charge in [-0.15, -0.1) is 0 Å². The fraction of sp³-hybridized carbons (Fsp3) is 0.120. The van der Waals surface area contributed by atoms with Crippen LogP contribution in [0.4, 0.5) is 5.69 Å². The van der Waals surface area contributed by atoms with E-state index in [9.17, 15) is 10.1 Å². The van der Waals surface area contributed by atoms with E-state index in [0.717, 1.165) is 5.56 Å². The summed E-state index contributed by atoms with van der Waals surface area (Å²) in [5, 5.41) is 13.3. The smallest absolute Gasteiger partial charge is 0.266 e. The number of benzene rings is 3. The van der Waals surface area contributed by atoms with Crippen molar-refractivity contribution in [1.29, 1.82) is 5.26 Å². The van der Waals surface area contributed by atoms with E-state index >= 15 is 0 Å². The molecule has 0 radical (unpaired) electrons. The van der Waals surface area contributed by atoms with Gasteiger partial charge in [-0.3, -0.25) is 4.79 Å². The fourth-order valence-electron chi connectivity index (χ4n) is 2.88. The maximum Gasteiger partial charge on any atom is 0.266 e. The van der Waals surface area contributed by atoms with Crippen molar-refractivity contribution in [2.45, 2.75) is 13.5 Å². The van der Waals surface area contributed by atoms with Crippen molar-refractivity contribution < 1.29 is 14.3 Å². The Morgan fingerprint density at radius 3 is 2.55 bits per heavy atom. The summed E-state index contributed by atoms with van der Waals surface area (Å²) in [6.07, 6.45) is 1.48. The van der Waals surface area contributed by atoms with Crippen LogP contribution in [0.5, 0.6) is 11.5 Å². The molecule has 0 saturated heterocycles. The van der Waals surface area contributed by atoms with Crippen LogP contribution in [0, 0.1) is 11.3 Å². The summed E-state index contributed by atoms with van der Waals surface area (Å²) in [5.74, 6) is 0.429. The van der Waals surface area contributed by atoms with Gasteiger partial charge in [0.15, 0.2) is 11.5 Å². The first-order valence-electron chi connectivity index (χ1n) is 9.92. The van der Waals surface area contributed by atoms with Crippen molar-refractivity contribution in [3.05, 3.63) is 91.9 Å². The molecule has 0 aliphatic heterocycles. The quantitative estimate of drug-likeness (QED) is 0.238. The number of halogens is 3. The first-order chi connectivity index (χ1) is 15.9. The number of anilines is 1. The second-order valence-electron chi connectivity index (χ2n) is 6.77. The average molecular weight is 546 g/mol. The molecule has 3 aromatic rings. The van der Waals surface area contributed by atoms with Gasteiger partial charge in [-0.1, -0.05) is 63.4 Å². The lowest BCUT2D eigenvalue weighted by molar-refractivity contribution is -0.112. The van der Waals surface area contributed by atoms with Crippen molar-refractivity contribution in [3.8, 4) is 17.6 Å². The van der Waals surface area contributed by atoms with Crippen molar-refractivity contribution in [2.24, 2.45) is 0 Å².